The molecule has 0 aromatic heterocycles. The second-order valence-electron chi connectivity index (χ2n) is 16.5. The zero-order valence-electron chi connectivity index (χ0n) is 30.7. The van der Waals surface area contributed by atoms with Crippen molar-refractivity contribution < 1.29 is 28.8 Å². The van der Waals surface area contributed by atoms with Crippen molar-refractivity contribution >= 4 is 5.97 Å². The van der Waals surface area contributed by atoms with Gasteiger partial charge < -0.3 is 19.1 Å². The number of esters is 1. The van der Waals surface area contributed by atoms with Crippen LogP contribution in [-0.4, -0.2) is 38.0 Å². The molecule has 5 aliphatic rings. The maximum atomic E-state index is 13.2. The predicted octanol–water partition coefficient (Wildman–Crippen LogP) is 11.1. The number of carbonyl (C=O) groups is 1. The molecule has 3 unspecified atom stereocenters. The van der Waals surface area contributed by atoms with E-state index in [9.17, 15) is 4.79 Å². The van der Waals surface area contributed by atoms with E-state index in [0.717, 1.165) is 56.5 Å². The van der Waals surface area contributed by atoms with Crippen molar-refractivity contribution in [1.82, 2.24) is 0 Å². The van der Waals surface area contributed by atoms with E-state index in [1.165, 1.54) is 125 Å². The van der Waals surface area contributed by atoms with Gasteiger partial charge in [0.05, 0.1) is 37.9 Å². The van der Waals surface area contributed by atoms with Crippen LogP contribution in [0.15, 0.2) is 36.4 Å². The van der Waals surface area contributed by atoms with E-state index >= 15 is 0 Å². The van der Waals surface area contributed by atoms with Gasteiger partial charge in [0.25, 0.3) is 0 Å². The third-order valence-electron chi connectivity index (χ3n) is 12.7. The van der Waals surface area contributed by atoms with E-state index in [2.05, 4.69) is 31.2 Å². The first-order chi connectivity index (χ1) is 24.6. The molecule has 2 heterocycles. The first-order valence-electron chi connectivity index (χ1n) is 20.6. The SMILES string of the molecule is CC1c2cc(OOCC3CCC(CCCCCCC4CO4)CC3)ccc2-c2ccc(OC(=O)C3CCC(CCCCCCC4CO4)CC3)cc21. The van der Waals surface area contributed by atoms with Gasteiger partial charge in [0.15, 0.2) is 5.75 Å². The van der Waals surface area contributed by atoms with E-state index < -0.39 is 0 Å². The Morgan fingerprint density at radius 2 is 1.10 bits per heavy atom. The van der Waals surface area contributed by atoms with Gasteiger partial charge in [-0.15, -0.1) is 0 Å². The maximum absolute atomic E-state index is 13.2. The van der Waals surface area contributed by atoms with E-state index in [4.69, 9.17) is 24.0 Å². The zero-order chi connectivity index (χ0) is 34.1. The highest BCUT2D eigenvalue weighted by Gasteiger charge is 2.30. The smallest absolute Gasteiger partial charge is 0.314 e. The molecule has 2 aliphatic heterocycles. The van der Waals surface area contributed by atoms with Crippen LogP contribution < -0.4 is 9.62 Å². The molecule has 0 bridgehead atoms. The Morgan fingerprint density at radius 1 is 0.620 bits per heavy atom. The second-order valence-corrected chi connectivity index (χ2v) is 16.5. The predicted molar refractivity (Wildman–Crippen MR) is 197 cm³/mol. The third-order valence-corrected chi connectivity index (χ3v) is 12.7. The minimum absolute atomic E-state index is 0.0231. The Morgan fingerprint density at radius 3 is 1.66 bits per heavy atom. The van der Waals surface area contributed by atoms with E-state index in [0.29, 0.717) is 30.5 Å². The molecule has 0 radical (unpaired) electrons. The van der Waals surface area contributed by atoms with Crippen molar-refractivity contribution in [2.75, 3.05) is 19.8 Å². The molecule has 7 rings (SSSR count). The summed E-state index contributed by atoms with van der Waals surface area (Å²) in [5, 5.41) is 0. The lowest BCUT2D eigenvalue weighted by Gasteiger charge is -2.28. The number of hydrogen-bond donors (Lipinski definition) is 0. The maximum Gasteiger partial charge on any atom is 0.314 e. The van der Waals surface area contributed by atoms with Gasteiger partial charge in [0.2, 0.25) is 0 Å². The summed E-state index contributed by atoms with van der Waals surface area (Å²) in [4.78, 5) is 24.8. The molecule has 2 saturated heterocycles. The van der Waals surface area contributed by atoms with E-state index in [-0.39, 0.29) is 17.8 Å². The minimum Gasteiger partial charge on any atom is -0.426 e. The lowest BCUT2D eigenvalue weighted by atomic mass is 9.79. The first-order valence-corrected chi connectivity index (χ1v) is 20.6. The molecule has 50 heavy (non-hydrogen) atoms. The van der Waals surface area contributed by atoms with Crippen molar-refractivity contribution in [3.8, 4) is 22.6 Å². The van der Waals surface area contributed by atoms with Crippen LogP contribution in [0, 0.1) is 23.7 Å². The largest absolute Gasteiger partial charge is 0.426 e. The highest BCUT2D eigenvalue weighted by atomic mass is 17.2. The summed E-state index contributed by atoms with van der Waals surface area (Å²) in [6.45, 7) is 4.87. The summed E-state index contributed by atoms with van der Waals surface area (Å²) < 4.78 is 16.6. The van der Waals surface area contributed by atoms with Gasteiger partial charge in [-0.1, -0.05) is 96.1 Å². The number of unbranched alkanes of at least 4 members (excludes halogenated alkanes) is 6. The third kappa shape index (κ3) is 10.3. The van der Waals surface area contributed by atoms with Crippen LogP contribution >= 0.6 is 0 Å². The topological polar surface area (TPSA) is 69.8 Å². The molecular formula is C44H62O6. The fraction of sp³-hybridized carbons (Fsp3) is 0.705. The lowest BCUT2D eigenvalue weighted by molar-refractivity contribution is -0.218. The molecule has 0 amide bonds. The van der Waals surface area contributed by atoms with Crippen LogP contribution in [0.4, 0.5) is 0 Å². The van der Waals surface area contributed by atoms with Crippen LogP contribution in [-0.2, 0) is 19.2 Å². The Labute approximate surface area is 301 Å². The van der Waals surface area contributed by atoms with Gasteiger partial charge >= 0.3 is 5.97 Å². The Bertz CT molecular complexity index is 1360. The number of ether oxygens (including phenoxy) is 3. The quantitative estimate of drug-likeness (QED) is 0.0345. The Kier molecular flexibility index (Phi) is 12.9. The van der Waals surface area contributed by atoms with Gasteiger partial charge in [-0.25, -0.2) is 0 Å². The molecular weight excluding hydrogens is 624 g/mol. The van der Waals surface area contributed by atoms with Gasteiger partial charge in [0, 0.05) is 5.92 Å². The van der Waals surface area contributed by atoms with Crippen LogP contribution in [0.3, 0.4) is 0 Å². The molecule has 0 spiro atoms. The summed E-state index contributed by atoms with van der Waals surface area (Å²) in [5.74, 6) is 3.85. The van der Waals surface area contributed by atoms with Crippen LogP contribution in [0.2, 0.25) is 0 Å². The first kappa shape index (κ1) is 36.0. The number of fused-ring (bicyclic) bond motifs is 3. The Hall–Kier alpha value is -2.41. The molecule has 2 saturated carbocycles. The average Bonchev–Trinajstić information content (AvgIpc) is 4.09. The molecule has 6 heteroatoms. The van der Waals surface area contributed by atoms with E-state index in [1.807, 2.05) is 12.1 Å². The van der Waals surface area contributed by atoms with Crippen molar-refractivity contribution in [3.05, 3.63) is 47.5 Å². The van der Waals surface area contributed by atoms with Gasteiger partial charge in [-0.05, 0) is 116 Å². The standard InChI is InChI=1S/C44H62O6/c1-31-42-26-36(49-44(45)35-20-18-33(19-21-35)11-7-3-5-9-13-39-30-47-39)22-24-40(42)41-25-23-37(27-43(31)41)50-48-28-34-16-14-32(15-17-34)10-6-2-4-8-12-38-29-46-38/h22-27,31-35,38-39H,2-21,28-30H2,1H3. The van der Waals surface area contributed by atoms with Crippen molar-refractivity contribution in [2.45, 2.75) is 153 Å². The highest BCUT2D eigenvalue weighted by molar-refractivity contribution is 5.81. The molecule has 6 nitrogen and oxygen atoms in total. The second kappa shape index (κ2) is 17.9. The highest BCUT2D eigenvalue weighted by Crippen LogP contribution is 2.47. The zero-order valence-corrected chi connectivity index (χ0v) is 30.7. The Balaban J connectivity index is 0.791. The van der Waals surface area contributed by atoms with Crippen molar-refractivity contribution in [2.24, 2.45) is 23.7 Å². The lowest BCUT2D eigenvalue weighted by Crippen LogP contribution is -2.25. The molecule has 2 aromatic carbocycles. The summed E-state index contributed by atoms with van der Waals surface area (Å²) in [7, 11) is 0. The number of rotatable bonds is 20. The number of hydrogen-bond acceptors (Lipinski definition) is 6. The summed E-state index contributed by atoms with van der Waals surface area (Å²) in [6.07, 6.45) is 26.5. The average molecular weight is 687 g/mol. The molecule has 0 N–H and O–H groups in total. The van der Waals surface area contributed by atoms with Crippen LogP contribution in [0.5, 0.6) is 11.5 Å². The summed E-state index contributed by atoms with van der Waals surface area (Å²) in [6, 6.07) is 12.5. The van der Waals surface area contributed by atoms with E-state index in [1.54, 1.807) is 0 Å². The normalized spacial score (nSPS) is 28.1. The fourth-order valence-electron chi connectivity index (χ4n) is 9.13. The summed E-state index contributed by atoms with van der Waals surface area (Å²) >= 11 is 0. The van der Waals surface area contributed by atoms with Crippen LogP contribution in [0.25, 0.3) is 11.1 Å². The summed E-state index contributed by atoms with van der Waals surface area (Å²) in [5.41, 5.74) is 4.89. The molecule has 3 atom stereocenters. The number of carbonyl (C=O) groups excluding carboxylic acids is 1. The van der Waals surface area contributed by atoms with Gasteiger partial charge in [-0.3, -0.25) is 4.79 Å². The number of epoxide rings is 2. The molecule has 2 aromatic rings. The van der Waals surface area contributed by atoms with Gasteiger partial charge in [-0.2, -0.15) is 4.89 Å². The number of benzene rings is 2. The molecule has 3 aliphatic carbocycles. The van der Waals surface area contributed by atoms with Gasteiger partial charge in [0.1, 0.15) is 5.75 Å². The van der Waals surface area contributed by atoms with Crippen LogP contribution in [0.1, 0.15) is 152 Å². The minimum atomic E-state index is -0.0548. The fourth-order valence-corrected chi connectivity index (χ4v) is 9.13. The molecule has 274 valence electrons. The monoisotopic (exact) mass is 686 g/mol. The van der Waals surface area contributed by atoms with Crippen molar-refractivity contribution in [1.29, 1.82) is 0 Å². The molecule has 4 fully saturated rings. The van der Waals surface area contributed by atoms with Crippen molar-refractivity contribution in [3.63, 3.8) is 0 Å².